The first-order valence-electron chi connectivity index (χ1n) is 5.42. The molecule has 1 amide bonds. The zero-order valence-corrected chi connectivity index (χ0v) is 9.64. The lowest BCUT2D eigenvalue weighted by molar-refractivity contribution is 0.0950. The third-order valence-electron chi connectivity index (χ3n) is 2.24. The second kappa shape index (κ2) is 7.13. The summed E-state index contributed by atoms with van der Waals surface area (Å²) in [6.07, 6.45) is 1.33. The first-order valence-corrected chi connectivity index (χ1v) is 5.42. The van der Waals surface area contributed by atoms with Gasteiger partial charge in [0.1, 0.15) is 11.6 Å². The fraction of sp³-hybridized carbons (Fsp3) is 0.364. The smallest absolute Gasteiger partial charge is 0.255 e. The van der Waals surface area contributed by atoms with E-state index in [1.807, 2.05) is 0 Å². The SMILES string of the molecule is [N-]=[N+]=NCCCCNC(=O)c1ccc(F)cc1O. The first kappa shape index (κ1) is 13.8. The maximum atomic E-state index is 12.7. The average molecular weight is 252 g/mol. The number of unbranched alkanes of at least 4 members (excludes halogenated alkanes) is 1. The topological polar surface area (TPSA) is 98.1 Å². The van der Waals surface area contributed by atoms with Crippen molar-refractivity contribution in [2.24, 2.45) is 5.11 Å². The van der Waals surface area contributed by atoms with Crippen molar-refractivity contribution in [3.8, 4) is 5.75 Å². The van der Waals surface area contributed by atoms with Gasteiger partial charge in [0.2, 0.25) is 0 Å². The van der Waals surface area contributed by atoms with Crippen molar-refractivity contribution >= 4 is 5.91 Å². The highest BCUT2D eigenvalue weighted by atomic mass is 19.1. The standard InChI is InChI=1S/C11H13FN4O2/c12-8-3-4-9(10(17)7-8)11(18)14-5-1-2-6-15-16-13/h3-4,7,17H,1-2,5-6H2,(H,14,18). The molecule has 1 rings (SSSR count). The van der Waals surface area contributed by atoms with Crippen molar-refractivity contribution in [3.63, 3.8) is 0 Å². The number of carbonyl (C=O) groups is 1. The highest BCUT2D eigenvalue weighted by Crippen LogP contribution is 2.17. The van der Waals surface area contributed by atoms with Crippen LogP contribution in [0.1, 0.15) is 23.2 Å². The zero-order valence-electron chi connectivity index (χ0n) is 9.64. The Morgan fingerprint density at radius 1 is 1.50 bits per heavy atom. The van der Waals surface area contributed by atoms with Crippen molar-refractivity contribution in [3.05, 3.63) is 40.0 Å². The van der Waals surface area contributed by atoms with Gasteiger partial charge >= 0.3 is 0 Å². The summed E-state index contributed by atoms with van der Waals surface area (Å²) in [7, 11) is 0. The minimum Gasteiger partial charge on any atom is -0.507 e. The molecule has 0 aromatic heterocycles. The van der Waals surface area contributed by atoms with E-state index in [0.717, 1.165) is 12.1 Å². The molecule has 6 nitrogen and oxygen atoms in total. The van der Waals surface area contributed by atoms with Crippen molar-refractivity contribution in [1.82, 2.24) is 5.32 Å². The van der Waals surface area contributed by atoms with E-state index in [1.54, 1.807) is 0 Å². The number of hydrogen-bond acceptors (Lipinski definition) is 3. The van der Waals surface area contributed by atoms with Gasteiger partial charge in [-0.2, -0.15) is 0 Å². The zero-order chi connectivity index (χ0) is 13.4. The normalized spacial score (nSPS) is 9.61. The molecule has 0 fully saturated rings. The summed E-state index contributed by atoms with van der Waals surface area (Å²) in [6.45, 7) is 0.783. The Bertz CT molecular complexity index is 472. The van der Waals surface area contributed by atoms with Gasteiger partial charge in [0.25, 0.3) is 5.91 Å². The van der Waals surface area contributed by atoms with E-state index in [0.29, 0.717) is 25.9 Å². The number of hydrogen-bond donors (Lipinski definition) is 2. The highest BCUT2D eigenvalue weighted by molar-refractivity contribution is 5.96. The number of phenolic OH excluding ortho intramolecular Hbond substituents is 1. The Morgan fingerprint density at radius 3 is 2.94 bits per heavy atom. The second-order valence-electron chi connectivity index (χ2n) is 3.58. The predicted molar refractivity (Wildman–Crippen MR) is 63.6 cm³/mol. The molecule has 96 valence electrons. The molecule has 0 radical (unpaired) electrons. The molecule has 0 unspecified atom stereocenters. The van der Waals surface area contributed by atoms with E-state index in [9.17, 15) is 14.3 Å². The number of phenols is 1. The molecule has 0 bridgehead atoms. The molecule has 1 aromatic rings. The molecule has 0 aliphatic heterocycles. The van der Waals surface area contributed by atoms with Gasteiger partial charge in [-0.1, -0.05) is 5.11 Å². The monoisotopic (exact) mass is 252 g/mol. The molecule has 2 N–H and O–H groups in total. The summed E-state index contributed by atoms with van der Waals surface area (Å²) in [5, 5.41) is 15.3. The van der Waals surface area contributed by atoms with Gasteiger partial charge in [0.05, 0.1) is 5.56 Å². The highest BCUT2D eigenvalue weighted by Gasteiger charge is 2.10. The summed E-state index contributed by atoms with van der Waals surface area (Å²) in [5.74, 6) is -1.45. The van der Waals surface area contributed by atoms with Crippen molar-refractivity contribution < 1.29 is 14.3 Å². The number of carbonyl (C=O) groups excluding carboxylic acids is 1. The van der Waals surface area contributed by atoms with Gasteiger partial charge in [-0.05, 0) is 30.5 Å². The van der Waals surface area contributed by atoms with Crippen LogP contribution >= 0.6 is 0 Å². The number of nitrogens with one attached hydrogen (secondary N) is 1. The van der Waals surface area contributed by atoms with E-state index in [2.05, 4.69) is 15.3 Å². The average Bonchev–Trinajstić information content (AvgIpc) is 2.33. The molecular weight excluding hydrogens is 239 g/mol. The van der Waals surface area contributed by atoms with E-state index >= 15 is 0 Å². The lowest BCUT2D eigenvalue weighted by Gasteiger charge is -2.06. The number of nitrogens with zero attached hydrogens (tertiary/aromatic N) is 3. The summed E-state index contributed by atoms with van der Waals surface area (Å²) in [5.41, 5.74) is 8.08. The van der Waals surface area contributed by atoms with Gasteiger partial charge in [0.15, 0.2) is 0 Å². The number of benzene rings is 1. The summed E-state index contributed by atoms with van der Waals surface area (Å²) in [4.78, 5) is 14.2. The molecule has 0 aliphatic carbocycles. The van der Waals surface area contributed by atoms with E-state index in [1.165, 1.54) is 6.07 Å². The quantitative estimate of drug-likeness (QED) is 0.351. The second-order valence-corrected chi connectivity index (χ2v) is 3.58. The summed E-state index contributed by atoms with van der Waals surface area (Å²) >= 11 is 0. The number of amides is 1. The van der Waals surface area contributed by atoms with E-state index < -0.39 is 11.7 Å². The van der Waals surface area contributed by atoms with Crippen LogP contribution in [0, 0.1) is 5.82 Å². The lowest BCUT2D eigenvalue weighted by atomic mass is 10.2. The minimum atomic E-state index is -0.599. The van der Waals surface area contributed by atoms with Crippen LogP contribution in [0.3, 0.4) is 0 Å². The number of halogens is 1. The molecule has 18 heavy (non-hydrogen) atoms. The van der Waals surface area contributed by atoms with Crippen LogP contribution in [0.15, 0.2) is 23.3 Å². The third kappa shape index (κ3) is 4.31. The van der Waals surface area contributed by atoms with Crippen molar-refractivity contribution in [2.45, 2.75) is 12.8 Å². The van der Waals surface area contributed by atoms with E-state index in [4.69, 9.17) is 5.53 Å². The molecule has 0 saturated carbocycles. The fourth-order valence-corrected chi connectivity index (χ4v) is 1.35. The van der Waals surface area contributed by atoms with Crippen LogP contribution in [-0.2, 0) is 0 Å². The first-order chi connectivity index (χ1) is 8.65. The Hall–Kier alpha value is -2.27. The van der Waals surface area contributed by atoms with Crippen LogP contribution in [0.4, 0.5) is 4.39 Å². The van der Waals surface area contributed by atoms with Gasteiger partial charge in [-0.15, -0.1) is 0 Å². The van der Waals surface area contributed by atoms with Crippen LogP contribution in [0.5, 0.6) is 5.75 Å². The lowest BCUT2D eigenvalue weighted by Crippen LogP contribution is -2.24. The van der Waals surface area contributed by atoms with Crippen LogP contribution in [-0.4, -0.2) is 24.1 Å². The van der Waals surface area contributed by atoms with Gasteiger partial charge < -0.3 is 10.4 Å². The predicted octanol–water partition coefficient (Wildman–Crippen LogP) is 2.35. The maximum absolute atomic E-state index is 12.7. The Balaban J connectivity index is 2.38. The number of rotatable bonds is 6. The van der Waals surface area contributed by atoms with Crippen LogP contribution < -0.4 is 5.32 Å². The summed E-state index contributed by atoms with van der Waals surface area (Å²) < 4.78 is 12.7. The Morgan fingerprint density at radius 2 is 2.28 bits per heavy atom. The molecule has 0 heterocycles. The molecule has 0 saturated heterocycles. The van der Waals surface area contributed by atoms with E-state index in [-0.39, 0.29) is 11.3 Å². The number of aromatic hydroxyl groups is 1. The largest absolute Gasteiger partial charge is 0.507 e. The van der Waals surface area contributed by atoms with Crippen molar-refractivity contribution in [1.29, 1.82) is 0 Å². The fourth-order valence-electron chi connectivity index (χ4n) is 1.35. The van der Waals surface area contributed by atoms with Crippen LogP contribution in [0.25, 0.3) is 10.4 Å². The van der Waals surface area contributed by atoms with Gasteiger partial charge in [-0.25, -0.2) is 4.39 Å². The van der Waals surface area contributed by atoms with Gasteiger partial charge in [-0.3, -0.25) is 4.79 Å². The molecule has 0 atom stereocenters. The molecule has 1 aromatic carbocycles. The Kier molecular flexibility index (Phi) is 5.47. The third-order valence-corrected chi connectivity index (χ3v) is 2.24. The molecule has 7 heteroatoms. The minimum absolute atomic E-state index is 0.0337. The molecule has 0 spiro atoms. The Labute approximate surface area is 103 Å². The number of azide groups is 1. The van der Waals surface area contributed by atoms with Gasteiger partial charge in [0, 0.05) is 24.1 Å². The van der Waals surface area contributed by atoms with Crippen LogP contribution in [0.2, 0.25) is 0 Å². The molecule has 0 aliphatic rings. The maximum Gasteiger partial charge on any atom is 0.255 e. The summed E-state index contributed by atoms with van der Waals surface area (Å²) in [6, 6.07) is 3.22. The van der Waals surface area contributed by atoms with Crippen molar-refractivity contribution in [2.75, 3.05) is 13.1 Å². The molecular formula is C11H13FN4O2.